The van der Waals surface area contributed by atoms with Gasteiger partial charge in [0.05, 0.1) is 17.2 Å². The number of sulfonamides is 1. The van der Waals surface area contributed by atoms with Crippen molar-refractivity contribution in [1.29, 1.82) is 0 Å². The lowest BCUT2D eigenvalue weighted by Crippen LogP contribution is -2.55. The summed E-state index contributed by atoms with van der Waals surface area (Å²) < 4.78 is 47.9. The molecule has 8 nitrogen and oxygen atoms in total. The van der Waals surface area contributed by atoms with Crippen LogP contribution in [0.15, 0.2) is 71.6 Å². The molecule has 0 spiro atoms. The molecule has 0 bridgehead atoms. The molecule has 1 atom stereocenters. The second kappa shape index (κ2) is 14.4. The largest absolute Gasteiger partial charge is 0.494 e. The van der Waals surface area contributed by atoms with E-state index in [1.165, 1.54) is 17.0 Å². The van der Waals surface area contributed by atoms with Crippen LogP contribution in [0.2, 0.25) is 10.0 Å². The number of ether oxygens (including phenoxy) is 1. The Bertz CT molecular complexity index is 1510. The maximum atomic E-state index is 14.2. The highest BCUT2D eigenvalue weighted by molar-refractivity contribution is 7.92. The van der Waals surface area contributed by atoms with Gasteiger partial charge in [-0.2, -0.15) is 0 Å². The fourth-order valence-corrected chi connectivity index (χ4v) is 6.30. The van der Waals surface area contributed by atoms with Gasteiger partial charge in [0, 0.05) is 27.7 Å². The number of nitrogens with zero attached hydrogens (tertiary/aromatic N) is 2. The molecule has 0 heterocycles. The predicted octanol–water partition coefficient (Wildman–Crippen LogP) is 6.45. The summed E-state index contributed by atoms with van der Waals surface area (Å²) in [6.45, 7) is 8.60. The van der Waals surface area contributed by atoms with Gasteiger partial charge in [-0.25, -0.2) is 12.8 Å². The van der Waals surface area contributed by atoms with Crippen molar-refractivity contribution < 1.29 is 27.1 Å². The summed E-state index contributed by atoms with van der Waals surface area (Å²) >= 11 is 12.9. The highest BCUT2D eigenvalue weighted by Gasteiger charge is 2.35. The van der Waals surface area contributed by atoms with Gasteiger partial charge in [0.25, 0.3) is 10.0 Å². The third kappa shape index (κ3) is 8.84. The Labute approximate surface area is 262 Å². The molecule has 1 unspecified atom stereocenters. The van der Waals surface area contributed by atoms with Crippen molar-refractivity contribution in [3.8, 4) is 5.75 Å². The molecular weight excluding hydrogens is 616 g/mol. The van der Waals surface area contributed by atoms with Crippen LogP contribution in [-0.2, 0) is 26.2 Å². The van der Waals surface area contributed by atoms with Crippen LogP contribution in [0.4, 0.5) is 10.1 Å². The van der Waals surface area contributed by atoms with Crippen molar-refractivity contribution in [2.45, 2.75) is 64.1 Å². The number of benzene rings is 3. The number of amides is 2. The first kappa shape index (κ1) is 34.2. The molecule has 43 heavy (non-hydrogen) atoms. The molecule has 0 aliphatic carbocycles. The lowest BCUT2D eigenvalue weighted by Gasteiger charge is -2.35. The fraction of sp³-hybridized carbons (Fsp3) is 0.355. The molecule has 0 aromatic heterocycles. The maximum absolute atomic E-state index is 14.2. The van der Waals surface area contributed by atoms with E-state index in [2.05, 4.69) is 5.32 Å². The van der Waals surface area contributed by atoms with Crippen LogP contribution < -0.4 is 14.4 Å². The Morgan fingerprint density at radius 3 is 2.05 bits per heavy atom. The molecule has 0 aliphatic heterocycles. The number of nitrogens with one attached hydrogen (secondary N) is 1. The minimum Gasteiger partial charge on any atom is -0.494 e. The van der Waals surface area contributed by atoms with Gasteiger partial charge in [-0.1, -0.05) is 36.2 Å². The summed E-state index contributed by atoms with van der Waals surface area (Å²) in [4.78, 5) is 28.7. The van der Waals surface area contributed by atoms with E-state index < -0.39 is 45.8 Å². The zero-order valence-corrected chi connectivity index (χ0v) is 27.1. The van der Waals surface area contributed by atoms with Gasteiger partial charge in [0.1, 0.15) is 24.2 Å². The first-order valence-corrected chi connectivity index (χ1v) is 15.9. The molecule has 0 saturated heterocycles. The van der Waals surface area contributed by atoms with E-state index in [4.69, 9.17) is 27.9 Å². The number of carbonyl (C=O) groups excluding carboxylic acids is 2. The van der Waals surface area contributed by atoms with Crippen molar-refractivity contribution >= 4 is 50.7 Å². The summed E-state index contributed by atoms with van der Waals surface area (Å²) in [5.41, 5.74) is -0.0131. The molecule has 232 valence electrons. The first-order chi connectivity index (χ1) is 20.2. The molecule has 12 heteroatoms. The summed E-state index contributed by atoms with van der Waals surface area (Å²) in [5.74, 6) is -1.19. The van der Waals surface area contributed by atoms with Crippen LogP contribution >= 0.6 is 23.2 Å². The standard InChI is InChI=1S/C31H36Cl2FN3O5S/c1-6-28(30(39)35-31(3,4)5)36(19-25-26(32)9-8-10-27(25)33)29(38)20-37(22-13-15-23(16-14-22)42-7-2)43(40,41)24-17-11-21(34)12-18-24/h8-18,28H,6-7,19-20H2,1-5H3,(H,35,39). The normalized spacial score (nSPS) is 12.4. The summed E-state index contributed by atoms with van der Waals surface area (Å²) in [7, 11) is -4.37. The highest BCUT2D eigenvalue weighted by Crippen LogP contribution is 2.29. The minimum atomic E-state index is -4.37. The van der Waals surface area contributed by atoms with Crippen LogP contribution in [0, 0.1) is 5.82 Å². The lowest BCUT2D eigenvalue weighted by atomic mass is 10.1. The van der Waals surface area contributed by atoms with Crippen LogP contribution in [0.5, 0.6) is 5.75 Å². The smallest absolute Gasteiger partial charge is 0.264 e. The number of hydrogen-bond donors (Lipinski definition) is 1. The number of carbonyl (C=O) groups is 2. The molecule has 1 N–H and O–H groups in total. The Hall–Kier alpha value is -3.34. The molecule has 3 rings (SSSR count). The van der Waals surface area contributed by atoms with Crippen molar-refractivity contribution in [3.05, 3.63) is 88.2 Å². The Kier molecular flexibility index (Phi) is 11.5. The van der Waals surface area contributed by atoms with Gasteiger partial charge in [-0.05, 0) is 94.8 Å². The van der Waals surface area contributed by atoms with Gasteiger partial charge in [-0.3, -0.25) is 13.9 Å². The van der Waals surface area contributed by atoms with Crippen LogP contribution in [-0.4, -0.2) is 49.9 Å². The van der Waals surface area contributed by atoms with E-state index in [0.717, 1.165) is 28.6 Å². The summed E-state index contributed by atoms with van der Waals surface area (Å²) in [6, 6.07) is 14.4. The van der Waals surface area contributed by atoms with Gasteiger partial charge >= 0.3 is 0 Å². The zero-order valence-electron chi connectivity index (χ0n) is 24.7. The van der Waals surface area contributed by atoms with Gasteiger partial charge in [0.15, 0.2) is 0 Å². The monoisotopic (exact) mass is 651 g/mol. The molecule has 0 radical (unpaired) electrons. The molecule has 0 fully saturated rings. The number of halogens is 3. The van der Waals surface area contributed by atoms with Crippen LogP contribution in [0.1, 0.15) is 46.6 Å². The number of hydrogen-bond acceptors (Lipinski definition) is 5. The molecule has 0 aliphatic rings. The predicted molar refractivity (Wildman–Crippen MR) is 168 cm³/mol. The SMILES string of the molecule is CCOc1ccc(N(CC(=O)N(Cc2c(Cl)cccc2Cl)C(CC)C(=O)NC(C)(C)C)S(=O)(=O)c2ccc(F)cc2)cc1. The number of rotatable bonds is 12. The third-order valence-electron chi connectivity index (χ3n) is 6.39. The summed E-state index contributed by atoms with van der Waals surface area (Å²) in [5, 5.41) is 3.49. The van der Waals surface area contributed by atoms with Gasteiger partial charge in [-0.15, -0.1) is 0 Å². The summed E-state index contributed by atoms with van der Waals surface area (Å²) in [6.07, 6.45) is 0.226. The van der Waals surface area contributed by atoms with Crippen molar-refractivity contribution in [2.75, 3.05) is 17.5 Å². The van der Waals surface area contributed by atoms with E-state index in [0.29, 0.717) is 28.0 Å². The second-order valence-electron chi connectivity index (χ2n) is 10.8. The first-order valence-electron chi connectivity index (χ1n) is 13.7. The van der Waals surface area contributed by atoms with Crippen molar-refractivity contribution in [1.82, 2.24) is 10.2 Å². The fourth-order valence-electron chi connectivity index (χ4n) is 4.36. The molecule has 3 aromatic carbocycles. The molecule has 2 amide bonds. The van der Waals surface area contributed by atoms with Gasteiger partial charge in [0.2, 0.25) is 11.8 Å². The minimum absolute atomic E-state index is 0.152. The molecule has 3 aromatic rings. The van der Waals surface area contributed by atoms with Gasteiger partial charge < -0.3 is 15.0 Å². The molecule has 0 saturated carbocycles. The van der Waals surface area contributed by atoms with Crippen LogP contribution in [0.25, 0.3) is 0 Å². The lowest BCUT2D eigenvalue weighted by molar-refractivity contribution is -0.141. The average molecular weight is 653 g/mol. The van der Waals surface area contributed by atoms with Crippen LogP contribution in [0.3, 0.4) is 0 Å². The molecular formula is C31H36Cl2FN3O5S. The van der Waals surface area contributed by atoms with Crippen molar-refractivity contribution in [3.63, 3.8) is 0 Å². The Balaban J connectivity index is 2.11. The average Bonchev–Trinajstić information content (AvgIpc) is 2.93. The zero-order chi connectivity index (χ0) is 31.9. The maximum Gasteiger partial charge on any atom is 0.264 e. The third-order valence-corrected chi connectivity index (χ3v) is 8.89. The highest BCUT2D eigenvalue weighted by atomic mass is 35.5. The van der Waals surface area contributed by atoms with E-state index >= 15 is 0 Å². The van der Waals surface area contributed by atoms with E-state index in [9.17, 15) is 22.4 Å². The quantitative estimate of drug-likeness (QED) is 0.243. The van der Waals surface area contributed by atoms with E-state index in [1.807, 2.05) is 27.7 Å². The Morgan fingerprint density at radius 1 is 0.953 bits per heavy atom. The number of anilines is 1. The van der Waals surface area contributed by atoms with E-state index in [1.54, 1.807) is 37.3 Å². The van der Waals surface area contributed by atoms with E-state index in [-0.39, 0.29) is 23.5 Å². The topological polar surface area (TPSA) is 96.0 Å². The van der Waals surface area contributed by atoms with Crippen molar-refractivity contribution in [2.24, 2.45) is 0 Å². The Morgan fingerprint density at radius 2 is 1.53 bits per heavy atom. The second-order valence-corrected chi connectivity index (χ2v) is 13.5.